The number of hydrogen-bond donors (Lipinski definition) is 1. The summed E-state index contributed by atoms with van der Waals surface area (Å²) in [6, 6.07) is 10.1. The summed E-state index contributed by atoms with van der Waals surface area (Å²) < 4.78 is 7.57. The molecule has 3 aliphatic heterocycles. The summed E-state index contributed by atoms with van der Waals surface area (Å²) in [5.74, 6) is 0.560. The number of carbonyl (C=O) groups is 2. The van der Waals surface area contributed by atoms with E-state index in [1.54, 1.807) is 0 Å². The number of primary amides is 1. The van der Waals surface area contributed by atoms with Gasteiger partial charge in [0.25, 0.3) is 5.91 Å². The molecule has 2 saturated heterocycles. The Morgan fingerprint density at radius 3 is 2.48 bits per heavy atom. The fraction of sp³-hybridized carbons (Fsp3) is 0.500. The molecule has 1 aromatic heterocycles. The number of imidazole rings is 1. The monoisotopic (exact) mass is 394 g/mol. The van der Waals surface area contributed by atoms with E-state index in [1.165, 1.54) is 0 Å². The van der Waals surface area contributed by atoms with Gasteiger partial charge in [-0.25, -0.2) is 4.98 Å². The number of fused-ring (bicyclic) bond motifs is 3. The summed E-state index contributed by atoms with van der Waals surface area (Å²) in [5, 5.41) is 0. The van der Waals surface area contributed by atoms with Crippen LogP contribution in [0.4, 0.5) is 0 Å². The van der Waals surface area contributed by atoms with E-state index >= 15 is 0 Å². The molecule has 0 unspecified atom stereocenters. The fourth-order valence-electron chi connectivity index (χ4n) is 5.18. The molecule has 2 atom stereocenters. The van der Waals surface area contributed by atoms with Gasteiger partial charge in [0.1, 0.15) is 11.5 Å². The Balaban J connectivity index is 1.53. The van der Waals surface area contributed by atoms with Gasteiger partial charge in [-0.3, -0.25) is 9.59 Å². The highest BCUT2D eigenvalue weighted by molar-refractivity contribution is 5.93. The summed E-state index contributed by atoms with van der Waals surface area (Å²) in [7, 11) is 0. The number of nitrogens with zero attached hydrogens (tertiary/aromatic N) is 3. The molecule has 4 heterocycles. The van der Waals surface area contributed by atoms with Crippen LogP contribution in [0.1, 0.15) is 41.9 Å². The maximum absolute atomic E-state index is 13.4. The molecule has 7 heteroatoms. The smallest absolute Gasteiger partial charge is 0.269 e. The van der Waals surface area contributed by atoms with Crippen molar-refractivity contribution in [3.63, 3.8) is 0 Å². The quantitative estimate of drug-likeness (QED) is 0.862. The first kappa shape index (κ1) is 18.4. The zero-order chi connectivity index (χ0) is 20.0. The van der Waals surface area contributed by atoms with Crippen molar-refractivity contribution in [2.75, 3.05) is 13.2 Å². The van der Waals surface area contributed by atoms with E-state index in [4.69, 9.17) is 10.5 Å². The van der Waals surface area contributed by atoms with Crippen LogP contribution < -0.4 is 5.73 Å². The van der Waals surface area contributed by atoms with Gasteiger partial charge >= 0.3 is 0 Å². The van der Waals surface area contributed by atoms with Gasteiger partial charge in [-0.15, -0.1) is 0 Å². The molecule has 2 N–H and O–H groups in total. The van der Waals surface area contributed by atoms with Crippen LogP contribution >= 0.6 is 0 Å². The highest BCUT2D eigenvalue weighted by Crippen LogP contribution is 2.37. The molecule has 0 aliphatic carbocycles. The zero-order valence-electron chi connectivity index (χ0n) is 16.4. The SMILES string of the molecule is NC(=O)c1nc(-c2ccccc2)n2c1C[C@@H]1CC[C@H](C2)N1C(=O)C1CCOCC1. The Morgan fingerprint density at radius 2 is 1.76 bits per heavy atom. The number of aromatic nitrogens is 2. The molecule has 0 saturated carbocycles. The first-order chi connectivity index (χ1) is 14.1. The van der Waals surface area contributed by atoms with E-state index in [1.807, 2.05) is 30.3 Å². The Bertz CT molecular complexity index is 933. The van der Waals surface area contributed by atoms with Gasteiger partial charge in [-0.1, -0.05) is 30.3 Å². The second kappa shape index (κ2) is 7.30. The lowest BCUT2D eigenvalue weighted by molar-refractivity contribution is -0.141. The van der Waals surface area contributed by atoms with Crippen molar-refractivity contribution < 1.29 is 14.3 Å². The Hall–Kier alpha value is -2.67. The molecule has 7 nitrogen and oxygen atoms in total. The standard InChI is InChI=1S/C22H26N4O3/c23-20(27)19-18-12-16-6-7-17(26(16)22(28)15-8-10-29-11-9-15)13-25(18)21(24-19)14-4-2-1-3-5-14/h1-5,15-17H,6-13H2,(H2,23,27)/t16-,17+/m0/s1. The number of ether oxygens (including phenoxy) is 1. The van der Waals surface area contributed by atoms with Gasteiger partial charge in [0.05, 0.1) is 11.7 Å². The van der Waals surface area contributed by atoms with Crippen molar-refractivity contribution in [1.82, 2.24) is 14.5 Å². The van der Waals surface area contributed by atoms with Crippen LogP contribution in [-0.4, -0.2) is 51.6 Å². The van der Waals surface area contributed by atoms with Crippen LogP contribution in [0.5, 0.6) is 0 Å². The lowest BCUT2D eigenvalue weighted by atomic mass is 9.97. The number of hydrogen-bond acceptors (Lipinski definition) is 4. The van der Waals surface area contributed by atoms with Crippen molar-refractivity contribution in [3.8, 4) is 11.4 Å². The van der Waals surface area contributed by atoms with Gasteiger partial charge in [0.15, 0.2) is 0 Å². The molecule has 2 fully saturated rings. The van der Waals surface area contributed by atoms with E-state index < -0.39 is 5.91 Å². The molecular formula is C22H26N4O3. The maximum atomic E-state index is 13.4. The van der Waals surface area contributed by atoms with E-state index in [-0.39, 0.29) is 23.9 Å². The first-order valence-electron chi connectivity index (χ1n) is 10.5. The average molecular weight is 394 g/mol. The maximum Gasteiger partial charge on any atom is 0.269 e. The first-order valence-corrected chi connectivity index (χ1v) is 10.5. The summed E-state index contributed by atoms with van der Waals surface area (Å²) in [6.45, 7) is 1.98. The van der Waals surface area contributed by atoms with Gasteiger partial charge in [-0.2, -0.15) is 0 Å². The van der Waals surface area contributed by atoms with Crippen LogP contribution in [-0.2, 0) is 22.5 Å². The third-order valence-electron chi connectivity index (χ3n) is 6.61. The van der Waals surface area contributed by atoms with Crippen LogP contribution in [0, 0.1) is 5.92 Å². The van der Waals surface area contributed by atoms with Gasteiger partial charge < -0.3 is 19.9 Å². The lowest BCUT2D eigenvalue weighted by Crippen LogP contribution is -2.46. The number of benzene rings is 1. The van der Waals surface area contributed by atoms with Crippen LogP contribution in [0.3, 0.4) is 0 Å². The molecule has 2 aromatic rings. The number of nitrogens with two attached hydrogens (primary N) is 1. The van der Waals surface area contributed by atoms with E-state index in [9.17, 15) is 9.59 Å². The predicted octanol–water partition coefficient (Wildman–Crippen LogP) is 1.99. The molecule has 29 heavy (non-hydrogen) atoms. The summed E-state index contributed by atoms with van der Waals surface area (Å²) in [5.41, 5.74) is 7.85. The molecule has 152 valence electrons. The van der Waals surface area contributed by atoms with Crippen molar-refractivity contribution in [2.45, 2.75) is 50.7 Å². The molecular weight excluding hydrogens is 368 g/mol. The lowest BCUT2D eigenvalue weighted by Gasteiger charge is -2.33. The van der Waals surface area contributed by atoms with E-state index in [0.29, 0.717) is 31.9 Å². The molecule has 2 bridgehead atoms. The number of carbonyl (C=O) groups excluding carboxylic acids is 2. The Labute approximate surface area is 169 Å². The molecule has 2 amide bonds. The Morgan fingerprint density at radius 1 is 1.03 bits per heavy atom. The fourth-order valence-corrected chi connectivity index (χ4v) is 5.18. The molecule has 0 spiro atoms. The topological polar surface area (TPSA) is 90.5 Å². The number of rotatable bonds is 3. The number of amides is 2. The van der Waals surface area contributed by atoms with Gasteiger partial charge in [-0.05, 0) is 25.7 Å². The molecule has 1 aromatic carbocycles. The largest absolute Gasteiger partial charge is 0.381 e. The summed E-state index contributed by atoms with van der Waals surface area (Å²) in [6.07, 6.45) is 4.17. The molecule has 3 aliphatic rings. The van der Waals surface area contributed by atoms with Crippen LogP contribution in [0.15, 0.2) is 30.3 Å². The second-order valence-electron chi connectivity index (χ2n) is 8.29. The van der Waals surface area contributed by atoms with Crippen LogP contribution in [0.25, 0.3) is 11.4 Å². The second-order valence-corrected chi connectivity index (χ2v) is 8.29. The highest BCUT2D eigenvalue weighted by atomic mass is 16.5. The third kappa shape index (κ3) is 3.13. The Kier molecular flexibility index (Phi) is 4.62. The van der Waals surface area contributed by atoms with E-state index in [0.717, 1.165) is 42.8 Å². The van der Waals surface area contributed by atoms with Crippen molar-refractivity contribution in [2.24, 2.45) is 11.7 Å². The highest BCUT2D eigenvalue weighted by Gasteiger charge is 2.43. The van der Waals surface area contributed by atoms with Crippen molar-refractivity contribution in [3.05, 3.63) is 41.7 Å². The minimum absolute atomic E-state index is 0.0478. The van der Waals surface area contributed by atoms with Gasteiger partial charge in [0, 0.05) is 43.7 Å². The van der Waals surface area contributed by atoms with E-state index in [2.05, 4.69) is 14.5 Å². The predicted molar refractivity (Wildman–Crippen MR) is 107 cm³/mol. The van der Waals surface area contributed by atoms with Crippen molar-refractivity contribution >= 4 is 11.8 Å². The minimum atomic E-state index is -0.504. The third-order valence-corrected chi connectivity index (χ3v) is 6.61. The van der Waals surface area contributed by atoms with Crippen LogP contribution in [0.2, 0.25) is 0 Å². The molecule has 0 radical (unpaired) electrons. The summed E-state index contributed by atoms with van der Waals surface area (Å²) in [4.78, 5) is 32.3. The minimum Gasteiger partial charge on any atom is -0.381 e. The zero-order valence-corrected chi connectivity index (χ0v) is 16.4. The van der Waals surface area contributed by atoms with Crippen molar-refractivity contribution in [1.29, 1.82) is 0 Å². The summed E-state index contributed by atoms with van der Waals surface area (Å²) >= 11 is 0. The normalized spacial score (nSPS) is 24.2. The molecule has 5 rings (SSSR count). The average Bonchev–Trinajstić information content (AvgIpc) is 3.25. The van der Waals surface area contributed by atoms with Gasteiger partial charge in [0.2, 0.25) is 5.91 Å².